The maximum absolute atomic E-state index is 12.2. The number of hydrogen-bond donors (Lipinski definition) is 2. The van der Waals surface area contributed by atoms with E-state index in [0.29, 0.717) is 17.7 Å². The number of nitrogens with one attached hydrogen (secondary N) is 1. The standard InChI is InChI=1S/C14H20N2O5S.ClH/c1-3-20-14(17)13-7-10-6-11(4-5-12(10)21-13)22(18,19)16-9(2)8-15;/h4-6,9,13,16H,3,7-8,15H2,1-2H3;1H/t9-,13?;/m0./s1. The van der Waals surface area contributed by atoms with E-state index in [9.17, 15) is 13.2 Å². The summed E-state index contributed by atoms with van der Waals surface area (Å²) in [6.07, 6.45) is -0.423. The topological polar surface area (TPSA) is 108 Å². The van der Waals surface area contributed by atoms with Crippen LogP contribution in [-0.4, -0.2) is 39.7 Å². The summed E-state index contributed by atoms with van der Waals surface area (Å²) in [7, 11) is -3.64. The molecule has 3 N–H and O–H groups in total. The first-order chi connectivity index (χ1) is 10.4. The first kappa shape index (κ1) is 19.7. The second kappa shape index (κ2) is 7.96. The van der Waals surface area contributed by atoms with Crippen LogP contribution in [0.5, 0.6) is 5.75 Å². The van der Waals surface area contributed by atoms with Gasteiger partial charge in [0.15, 0.2) is 6.10 Å². The summed E-state index contributed by atoms with van der Waals surface area (Å²) in [5.41, 5.74) is 6.10. The largest absolute Gasteiger partial charge is 0.478 e. The molecule has 0 bridgehead atoms. The van der Waals surface area contributed by atoms with Gasteiger partial charge in [-0.2, -0.15) is 0 Å². The zero-order valence-corrected chi connectivity index (χ0v) is 14.6. The Morgan fingerprint density at radius 2 is 2.22 bits per heavy atom. The van der Waals surface area contributed by atoms with Crippen LogP contribution < -0.4 is 15.2 Å². The van der Waals surface area contributed by atoms with Crippen LogP contribution in [0.1, 0.15) is 19.4 Å². The van der Waals surface area contributed by atoms with E-state index in [1.165, 1.54) is 12.1 Å². The minimum atomic E-state index is -3.64. The molecule has 9 heteroatoms. The average molecular weight is 365 g/mol. The van der Waals surface area contributed by atoms with Crippen LogP contribution in [0, 0.1) is 0 Å². The number of nitrogens with two attached hydrogens (primary N) is 1. The highest BCUT2D eigenvalue weighted by molar-refractivity contribution is 7.89. The monoisotopic (exact) mass is 364 g/mol. The van der Waals surface area contributed by atoms with Gasteiger partial charge in [-0.05, 0) is 37.6 Å². The van der Waals surface area contributed by atoms with Crippen LogP contribution in [0.4, 0.5) is 0 Å². The molecule has 1 aliphatic rings. The van der Waals surface area contributed by atoms with E-state index >= 15 is 0 Å². The number of carbonyl (C=O) groups is 1. The van der Waals surface area contributed by atoms with Crippen molar-refractivity contribution in [2.45, 2.75) is 37.3 Å². The number of ether oxygens (including phenoxy) is 2. The van der Waals surface area contributed by atoms with Crippen molar-refractivity contribution in [2.75, 3.05) is 13.2 Å². The van der Waals surface area contributed by atoms with Crippen LogP contribution in [0.25, 0.3) is 0 Å². The lowest BCUT2D eigenvalue weighted by atomic mass is 10.1. The number of sulfonamides is 1. The summed E-state index contributed by atoms with van der Waals surface area (Å²) in [6.45, 7) is 3.88. The fraction of sp³-hybridized carbons (Fsp3) is 0.500. The zero-order valence-electron chi connectivity index (χ0n) is 12.9. The highest BCUT2D eigenvalue weighted by Gasteiger charge is 2.31. The molecular weight excluding hydrogens is 344 g/mol. The van der Waals surface area contributed by atoms with Gasteiger partial charge in [0, 0.05) is 19.0 Å². The lowest BCUT2D eigenvalue weighted by Crippen LogP contribution is -2.37. The van der Waals surface area contributed by atoms with Gasteiger partial charge in [0.05, 0.1) is 11.5 Å². The molecule has 130 valence electrons. The van der Waals surface area contributed by atoms with E-state index in [1.54, 1.807) is 19.9 Å². The number of fused-ring (bicyclic) bond motifs is 1. The third-order valence-corrected chi connectivity index (χ3v) is 4.86. The summed E-state index contributed by atoms with van der Waals surface area (Å²) >= 11 is 0. The maximum Gasteiger partial charge on any atom is 0.347 e. The number of halogens is 1. The molecule has 2 rings (SSSR count). The van der Waals surface area contributed by atoms with E-state index in [4.69, 9.17) is 15.2 Å². The quantitative estimate of drug-likeness (QED) is 0.716. The molecule has 0 aromatic heterocycles. The smallest absolute Gasteiger partial charge is 0.347 e. The van der Waals surface area contributed by atoms with Crippen molar-refractivity contribution in [3.63, 3.8) is 0 Å². The highest BCUT2D eigenvalue weighted by Crippen LogP contribution is 2.31. The SMILES string of the molecule is CCOC(=O)C1Cc2cc(S(=O)(=O)N[C@@H](C)CN)ccc2O1.Cl. The normalized spacial score (nSPS) is 17.6. The summed E-state index contributed by atoms with van der Waals surface area (Å²) in [5.74, 6) is 0.0573. The second-order valence-corrected chi connectivity index (χ2v) is 6.80. The number of rotatable bonds is 6. The zero-order chi connectivity index (χ0) is 16.3. The lowest BCUT2D eigenvalue weighted by Gasteiger charge is -2.12. The minimum Gasteiger partial charge on any atom is -0.478 e. The van der Waals surface area contributed by atoms with E-state index in [2.05, 4.69) is 4.72 Å². The Morgan fingerprint density at radius 1 is 1.52 bits per heavy atom. The number of hydrogen-bond acceptors (Lipinski definition) is 6. The molecule has 0 radical (unpaired) electrons. The summed E-state index contributed by atoms with van der Waals surface area (Å²) < 4.78 is 37.3. The fourth-order valence-corrected chi connectivity index (χ4v) is 3.45. The second-order valence-electron chi connectivity index (χ2n) is 5.09. The third-order valence-electron chi connectivity index (χ3n) is 3.28. The Balaban J connectivity index is 0.00000264. The van der Waals surface area contributed by atoms with Crippen molar-refractivity contribution < 1.29 is 22.7 Å². The van der Waals surface area contributed by atoms with Crippen molar-refractivity contribution in [1.29, 1.82) is 0 Å². The average Bonchev–Trinajstić information content (AvgIpc) is 2.90. The van der Waals surface area contributed by atoms with E-state index < -0.39 is 22.1 Å². The number of benzene rings is 1. The molecule has 23 heavy (non-hydrogen) atoms. The fourth-order valence-electron chi connectivity index (χ4n) is 2.14. The van der Waals surface area contributed by atoms with Gasteiger partial charge in [-0.15, -0.1) is 12.4 Å². The molecule has 1 aliphatic heterocycles. The van der Waals surface area contributed by atoms with Gasteiger partial charge in [0.1, 0.15) is 5.75 Å². The number of carbonyl (C=O) groups excluding carboxylic acids is 1. The first-order valence-electron chi connectivity index (χ1n) is 7.06. The van der Waals surface area contributed by atoms with Crippen molar-refractivity contribution in [1.82, 2.24) is 4.72 Å². The first-order valence-corrected chi connectivity index (χ1v) is 8.54. The summed E-state index contributed by atoms with van der Waals surface area (Å²) in [6, 6.07) is 4.15. The van der Waals surface area contributed by atoms with Crippen molar-refractivity contribution in [2.24, 2.45) is 5.73 Å². The number of esters is 1. The Labute approximate surface area is 142 Å². The Hall–Kier alpha value is -1.35. The summed E-state index contributed by atoms with van der Waals surface area (Å²) in [4.78, 5) is 11.8. The Bertz CT molecular complexity index is 665. The molecule has 1 unspecified atom stereocenters. The molecular formula is C14H21ClN2O5S. The van der Waals surface area contributed by atoms with Gasteiger partial charge >= 0.3 is 5.97 Å². The molecule has 0 saturated heterocycles. The van der Waals surface area contributed by atoms with Crippen LogP contribution in [0.3, 0.4) is 0 Å². The minimum absolute atomic E-state index is 0. The molecule has 0 amide bonds. The molecule has 2 atom stereocenters. The van der Waals surface area contributed by atoms with Crippen LogP contribution in [-0.2, 0) is 26.0 Å². The van der Waals surface area contributed by atoms with Gasteiger partial charge < -0.3 is 15.2 Å². The van der Waals surface area contributed by atoms with Gasteiger partial charge in [-0.25, -0.2) is 17.9 Å². The molecule has 7 nitrogen and oxygen atoms in total. The predicted molar refractivity (Wildman–Crippen MR) is 87.3 cm³/mol. The molecule has 0 spiro atoms. The maximum atomic E-state index is 12.2. The molecule has 1 heterocycles. The van der Waals surface area contributed by atoms with E-state index in [1.807, 2.05) is 0 Å². The van der Waals surface area contributed by atoms with Gasteiger partial charge in [0.25, 0.3) is 0 Å². The Kier molecular flexibility index (Phi) is 6.82. The molecule has 0 aliphatic carbocycles. The van der Waals surface area contributed by atoms with Crippen molar-refractivity contribution in [3.8, 4) is 5.75 Å². The molecule has 1 aromatic rings. The Morgan fingerprint density at radius 3 is 2.83 bits per heavy atom. The molecule has 0 saturated carbocycles. The van der Waals surface area contributed by atoms with Gasteiger partial charge in [-0.1, -0.05) is 0 Å². The van der Waals surface area contributed by atoms with Gasteiger partial charge in [-0.3, -0.25) is 0 Å². The summed E-state index contributed by atoms with van der Waals surface area (Å²) in [5, 5.41) is 0. The van der Waals surface area contributed by atoms with Crippen LogP contribution >= 0.6 is 12.4 Å². The molecule has 1 aromatic carbocycles. The van der Waals surface area contributed by atoms with E-state index in [-0.39, 0.29) is 36.5 Å². The third kappa shape index (κ3) is 4.57. The van der Waals surface area contributed by atoms with Gasteiger partial charge in [0.2, 0.25) is 10.0 Å². The molecule has 0 fully saturated rings. The highest BCUT2D eigenvalue weighted by atomic mass is 35.5. The lowest BCUT2D eigenvalue weighted by molar-refractivity contribution is -0.150. The van der Waals surface area contributed by atoms with Crippen molar-refractivity contribution in [3.05, 3.63) is 23.8 Å². The van der Waals surface area contributed by atoms with Crippen molar-refractivity contribution >= 4 is 28.4 Å². The van der Waals surface area contributed by atoms with Crippen LogP contribution in [0.15, 0.2) is 23.1 Å². The van der Waals surface area contributed by atoms with Crippen LogP contribution in [0.2, 0.25) is 0 Å². The predicted octanol–water partition coefficient (Wildman–Crippen LogP) is 0.601. The van der Waals surface area contributed by atoms with E-state index in [0.717, 1.165) is 0 Å².